The lowest BCUT2D eigenvalue weighted by Gasteiger charge is -2.07. The molecule has 0 saturated heterocycles. The number of amides is 1. The largest absolute Gasteiger partial charge is 0.322 e. The number of halogens is 1. The zero-order valence-corrected chi connectivity index (χ0v) is 11.9. The van der Waals surface area contributed by atoms with Crippen LogP contribution in [0.25, 0.3) is 0 Å². The highest BCUT2D eigenvalue weighted by Crippen LogP contribution is 2.20. The maximum atomic E-state index is 12.1. The molecule has 0 fully saturated rings. The summed E-state index contributed by atoms with van der Waals surface area (Å²) in [6, 6.07) is 12.3. The fourth-order valence-corrected chi connectivity index (χ4v) is 2.32. The number of carbonyl (C=O) groups is 2. The fourth-order valence-electron chi connectivity index (χ4n) is 1.65. The van der Waals surface area contributed by atoms with Crippen molar-refractivity contribution < 1.29 is 9.59 Å². The van der Waals surface area contributed by atoms with Crippen LogP contribution in [-0.2, 0) is 0 Å². The van der Waals surface area contributed by atoms with Gasteiger partial charge in [-0.2, -0.15) is 0 Å². The second-order valence-corrected chi connectivity index (χ2v) is 5.03. The maximum absolute atomic E-state index is 12.1. The van der Waals surface area contributed by atoms with Crippen molar-refractivity contribution in [1.82, 2.24) is 0 Å². The molecule has 0 aliphatic heterocycles. The Morgan fingerprint density at radius 1 is 1.16 bits per heavy atom. The monoisotopic (exact) mass is 317 g/mol. The Hall–Kier alpha value is -1.94. The summed E-state index contributed by atoms with van der Waals surface area (Å²) in [4.78, 5) is 22.6. The third-order valence-electron chi connectivity index (χ3n) is 2.67. The molecule has 2 rings (SSSR count). The van der Waals surface area contributed by atoms with Crippen LogP contribution in [0.3, 0.4) is 0 Å². The summed E-state index contributed by atoms with van der Waals surface area (Å²) in [6.07, 6.45) is 0.766. The molecular formula is C15H12BrNO2. The Balaban J connectivity index is 2.18. The second-order valence-electron chi connectivity index (χ2n) is 4.18. The normalized spacial score (nSPS) is 10.0. The van der Waals surface area contributed by atoms with Gasteiger partial charge in [-0.25, -0.2) is 0 Å². The number of rotatable bonds is 3. The third kappa shape index (κ3) is 3.29. The summed E-state index contributed by atoms with van der Waals surface area (Å²) in [5.41, 5.74) is 2.89. The predicted octanol–water partition coefficient (Wildman–Crippen LogP) is 3.82. The molecule has 96 valence electrons. The van der Waals surface area contributed by atoms with Crippen molar-refractivity contribution in [1.29, 1.82) is 0 Å². The van der Waals surface area contributed by atoms with Crippen molar-refractivity contribution in [3.8, 4) is 0 Å². The molecule has 1 N–H and O–H groups in total. The van der Waals surface area contributed by atoms with Crippen molar-refractivity contribution in [3.63, 3.8) is 0 Å². The zero-order valence-electron chi connectivity index (χ0n) is 10.3. The van der Waals surface area contributed by atoms with Gasteiger partial charge in [-0.3, -0.25) is 9.59 Å². The minimum Gasteiger partial charge on any atom is -0.322 e. The van der Waals surface area contributed by atoms with E-state index in [0.717, 1.165) is 16.3 Å². The minimum absolute atomic E-state index is 0.189. The van der Waals surface area contributed by atoms with Gasteiger partial charge < -0.3 is 5.32 Å². The molecule has 0 bridgehead atoms. The Kier molecular flexibility index (Phi) is 4.12. The van der Waals surface area contributed by atoms with Crippen LogP contribution >= 0.6 is 15.9 Å². The van der Waals surface area contributed by atoms with Gasteiger partial charge in [0.1, 0.15) is 6.29 Å². The number of benzene rings is 2. The molecule has 0 heterocycles. The van der Waals surface area contributed by atoms with Crippen LogP contribution in [0, 0.1) is 6.92 Å². The lowest BCUT2D eigenvalue weighted by atomic mass is 10.1. The van der Waals surface area contributed by atoms with Crippen LogP contribution in [0.2, 0.25) is 0 Å². The third-order valence-corrected chi connectivity index (χ3v) is 3.33. The molecule has 2 aromatic rings. The van der Waals surface area contributed by atoms with Gasteiger partial charge in [-0.15, -0.1) is 0 Å². The summed E-state index contributed by atoms with van der Waals surface area (Å²) in [5, 5.41) is 2.78. The van der Waals surface area contributed by atoms with Gasteiger partial charge >= 0.3 is 0 Å². The molecule has 1 amide bonds. The molecule has 0 aliphatic rings. The Labute approximate surface area is 119 Å². The average molecular weight is 318 g/mol. The summed E-state index contributed by atoms with van der Waals surface area (Å²) in [7, 11) is 0. The van der Waals surface area contributed by atoms with E-state index in [9.17, 15) is 9.59 Å². The van der Waals surface area contributed by atoms with Gasteiger partial charge in [0.15, 0.2) is 0 Å². The van der Waals surface area contributed by atoms with Crippen molar-refractivity contribution in [2.24, 2.45) is 0 Å². The Morgan fingerprint density at radius 3 is 2.42 bits per heavy atom. The van der Waals surface area contributed by atoms with Gasteiger partial charge in [-0.1, -0.05) is 6.07 Å². The van der Waals surface area contributed by atoms with E-state index in [-0.39, 0.29) is 5.91 Å². The lowest BCUT2D eigenvalue weighted by Crippen LogP contribution is -2.12. The van der Waals surface area contributed by atoms with Crippen molar-refractivity contribution >= 4 is 33.8 Å². The van der Waals surface area contributed by atoms with Gasteiger partial charge in [0.2, 0.25) is 0 Å². The predicted molar refractivity (Wildman–Crippen MR) is 78.7 cm³/mol. The molecule has 4 heteroatoms. The molecule has 0 radical (unpaired) electrons. The van der Waals surface area contributed by atoms with E-state index >= 15 is 0 Å². The maximum Gasteiger partial charge on any atom is 0.256 e. The first-order valence-electron chi connectivity index (χ1n) is 5.73. The number of aryl methyl sites for hydroxylation is 1. The highest BCUT2D eigenvalue weighted by atomic mass is 79.9. The molecule has 0 atom stereocenters. The smallest absolute Gasteiger partial charge is 0.256 e. The van der Waals surface area contributed by atoms with Crippen LogP contribution in [0.4, 0.5) is 5.69 Å². The molecule has 3 nitrogen and oxygen atoms in total. The summed E-state index contributed by atoms with van der Waals surface area (Å²) in [6.45, 7) is 1.96. The van der Waals surface area contributed by atoms with E-state index in [2.05, 4.69) is 21.2 Å². The number of aldehydes is 1. The first-order valence-corrected chi connectivity index (χ1v) is 6.52. The number of nitrogens with one attached hydrogen (secondary N) is 1. The molecule has 2 aromatic carbocycles. The lowest BCUT2D eigenvalue weighted by molar-refractivity contribution is 0.102. The van der Waals surface area contributed by atoms with Crippen LogP contribution in [0.5, 0.6) is 0 Å². The summed E-state index contributed by atoms with van der Waals surface area (Å²) >= 11 is 3.38. The first kappa shape index (κ1) is 13.5. The van der Waals surface area contributed by atoms with E-state index < -0.39 is 0 Å². The van der Waals surface area contributed by atoms with Crippen LogP contribution in [-0.4, -0.2) is 12.2 Å². The quantitative estimate of drug-likeness (QED) is 0.875. The molecule has 0 saturated carbocycles. The Morgan fingerprint density at radius 2 is 1.84 bits per heavy atom. The first-order chi connectivity index (χ1) is 9.10. The number of hydrogen-bond acceptors (Lipinski definition) is 2. The van der Waals surface area contributed by atoms with Crippen molar-refractivity contribution in [2.45, 2.75) is 6.92 Å². The Bertz CT molecular complexity index is 621. The highest BCUT2D eigenvalue weighted by molar-refractivity contribution is 9.10. The molecule has 19 heavy (non-hydrogen) atoms. The molecule has 0 unspecified atom stereocenters. The summed E-state index contributed by atoms with van der Waals surface area (Å²) in [5.74, 6) is -0.189. The number of carbonyl (C=O) groups excluding carboxylic acids is 2. The fraction of sp³-hybridized carbons (Fsp3) is 0.0667. The van der Waals surface area contributed by atoms with Crippen molar-refractivity contribution in [3.05, 3.63) is 63.6 Å². The SMILES string of the molecule is Cc1ccc(C(=O)Nc2ccc(C=O)cc2)c(Br)c1. The van der Waals surface area contributed by atoms with Crippen LogP contribution in [0.1, 0.15) is 26.3 Å². The van der Waals surface area contributed by atoms with Crippen molar-refractivity contribution in [2.75, 3.05) is 5.32 Å². The highest BCUT2D eigenvalue weighted by Gasteiger charge is 2.10. The zero-order chi connectivity index (χ0) is 13.8. The van der Waals surface area contributed by atoms with Crippen LogP contribution in [0.15, 0.2) is 46.9 Å². The van der Waals surface area contributed by atoms with Gasteiger partial charge in [-0.05, 0) is 64.8 Å². The average Bonchev–Trinajstić information content (AvgIpc) is 2.39. The number of hydrogen-bond donors (Lipinski definition) is 1. The molecule has 0 aliphatic carbocycles. The topological polar surface area (TPSA) is 46.2 Å². The number of anilines is 1. The molecule has 0 aromatic heterocycles. The van der Waals surface area contributed by atoms with Gasteiger partial charge in [0.05, 0.1) is 5.56 Å². The van der Waals surface area contributed by atoms with Crippen LogP contribution < -0.4 is 5.32 Å². The van der Waals surface area contributed by atoms with E-state index in [0.29, 0.717) is 16.8 Å². The molecular weight excluding hydrogens is 306 g/mol. The second kappa shape index (κ2) is 5.80. The van der Waals surface area contributed by atoms with E-state index in [1.807, 2.05) is 19.1 Å². The van der Waals surface area contributed by atoms with Gasteiger partial charge in [0, 0.05) is 15.7 Å². The summed E-state index contributed by atoms with van der Waals surface area (Å²) < 4.78 is 0.759. The van der Waals surface area contributed by atoms with E-state index in [1.165, 1.54) is 0 Å². The minimum atomic E-state index is -0.189. The molecule has 0 spiro atoms. The van der Waals surface area contributed by atoms with Gasteiger partial charge in [0.25, 0.3) is 5.91 Å². The standard InChI is InChI=1S/C15H12BrNO2/c1-10-2-7-13(14(16)8-10)15(19)17-12-5-3-11(9-18)4-6-12/h2-9H,1H3,(H,17,19). The van der Waals surface area contributed by atoms with E-state index in [4.69, 9.17) is 0 Å². The van der Waals surface area contributed by atoms with E-state index in [1.54, 1.807) is 30.3 Å².